The number of benzene rings is 1. The standard InChI is InChI=1S/C9H11N3O2S.H2O.Zn/c1-14-7-4-2-3-6(8(7)13)5-11-12-9(10)15;;/h2-5,13H,1H3,(H3,10,12,15);1H2;/q;;+2/p-2/b11-5+;;. The van der Waals surface area contributed by atoms with Crippen LogP contribution in [0.4, 0.5) is 0 Å². The molecule has 0 saturated carbocycles. The van der Waals surface area contributed by atoms with Crippen LogP contribution in [-0.2, 0) is 32.1 Å². The second kappa shape index (κ2) is 8.86. The molecule has 0 fully saturated rings. The van der Waals surface area contributed by atoms with Crippen LogP contribution < -0.4 is 15.6 Å². The molecule has 0 unspecified atom stereocenters. The van der Waals surface area contributed by atoms with E-state index in [1.165, 1.54) is 13.3 Å². The van der Waals surface area contributed by atoms with Crippen molar-refractivity contribution in [3.8, 4) is 11.5 Å². The summed E-state index contributed by atoms with van der Waals surface area (Å²) >= 11 is 4.49. The minimum absolute atomic E-state index is 0. The van der Waals surface area contributed by atoms with Crippen LogP contribution in [-0.4, -0.2) is 24.0 Å². The Balaban J connectivity index is 0. The van der Waals surface area contributed by atoms with Crippen LogP contribution in [0.5, 0.6) is 11.5 Å². The molecule has 0 aliphatic heterocycles. The van der Waals surface area contributed by atoms with Crippen LogP contribution >= 0.6 is 0 Å². The molecule has 0 spiro atoms. The fraction of sp³-hybridized carbons (Fsp3) is 0.111. The molecule has 4 N–H and O–H groups in total. The molecule has 1 aromatic carbocycles. The van der Waals surface area contributed by atoms with Crippen LogP contribution in [0, 0.1) is 0 Å². The van der Waals surface area contributed by atoms with Gasteiger partial charge < -0.3 is 33.7 Å². The number of nitrogens with two attached hydrogens (primary N) is 1. The van der Waals surface area contributed by atoms with Gasteiger partial charge in [-0.2, -0.15) is 10.2 Å². The molecular formula is C9H11N3O3SZn. The number of hydrogen-bond donors (Lipinski definition) is 1. The normalized spacial score (nSPS) is 10.5. The fourth-order valence-corrected chi connectivity index (χ4v) is 0.990. The zero-order valence-corrected chi connectivity index (χ0v) is 13.0. The summed E-state index contributed by atoms with van der Waals surface area (Å²) in [6.07, 6.45) is 1.28. The summed E-state index contributed by atoms with van der Waals surface area (Å²) in [7, 11) is 1.43. The van der Waals surface area contributed by atoms with E-state index in [1.54, 1.807) is 18.2 Å². The number of methoxy groups -OCH3 is 1. The van der Waals surface area contributed by atoms with Crippen LogP contribution in [0.3, 0.4) is 0 Å². The Bertz CT molecular complexity index is 408. The zero-order chi connectivity index (χ0) is 11.3. The summed E-state index contributed by atoms with van der Waals surface area (Å²) in [6.45, 7) is 0. The first kappa shape index (κ1) is 18.1. The molecule has 0 amide bonds. The molecule has 0 radical (unpaired) electrons. The first-order valence-electron chi connectivity index (χ1n) is 4.02. The molecule has 17 heavy (non-hydrogen) atoms. The zero-order valence-electron chi connectivity index (χ0n) is 9.21. The van der Waals surface area contributed by atoms with E-state index >= 15 is 0 Å². The molecule has 0 heterocycles. The topological polar surface area (TPSA) is 115 Å². The maximum Gasteiger partial charge on any atom is 2.00 e. The Morgan fingerprint density at radius 2 is 2.18 bits per heavy atom. The van der Waals surface area contributed by atoms with Crippen molar-refractivity contribution in [3.63, 3.8) is 0 Å². The Hall–Kier alpha value is -1.24. The second-order valence-electron chi connectivity index (χ2n) is 2.56. The van der Waals surface area contributed by atoms with Crippen molar-refractivity contribution < 1.29 is 34.8 Å². The molecule has 6 nitrogen and oxygen atoms in total. The summed E-state index contributed by atoms with van der Waals surface area (Å²) < 4.78 is 4.86. The van der Waals surface area contributed by atoms with Crippen molar-refractivity contribution in [1.82, 2.24) is 0 Å². The third-order valence-electron chi connectivity index (χ3n) is 1.58. The first-order valence-corrected chi connectivity index (χ1v) is 4.43. The van der Waals surface area contributed by atoms with Crippen LogP contribution in [0.25, 0.3) is 0 Å². The van der Waals surface area contributed by atoms with Gasteiger partial charge in [0.1, 0.15) is 5.75 Å². The molecule has 0 saturated heterocycles. The third kappa shape index (κ3) is 5.58. The molecule has 1 rings (SSSR count). The van der Waals surface area contributed by atoms with Gasteiger partial charge in [-0.1, -0.05) is 17.9 Å². The van der Waals surface area contributed by atoms with Crippen LogP contribution in [0.2, 0.25) is 0 Å². The number of hydrogen-bond acceptors (Lipinski definition) is 5. The number of ether oxygens (including phenoxy) is 1. The van der Waals surface area contributed by atoms with Crippen LogP contribution in [0.15, 0.2) is 28.4 Å². The third-order valence-corrected chi connectivity index (χ3v) is 1.66. The van der Waals surface area contributed by atoms with Gasteiger partial charge in [0, 0.05) is 0 Å². The fourth-order valence-electron chi connectivity index (χ4n) is 0.943. The van der Waals surface area contributed by atoms with Gasteiger partial charge in [0.25, 0.3) is 0 Å². The van der Waals surface area contributed by atoms with Gasteiger partial charge in [0.05, 0.1) is 13.3 Å². The quantitative estimate of drug-likeness (QED) is 0.257. The smallest absolute Gasteiger partial charge is 0.870 e. The van der Waals surface area contributed by atoms with Crippen molar-refractivity contribution >= 4 is 24.0 Å². The predicted molar refractivity (Wildman–Crippen MR) is 62.6 cm³/mol. The Morgan fingerprint density at radius 1 is 1.53 bits per heavy atom. The van der Waals surface area contributed by atoms with E-state index in [0.29, 0.717) is 5.56 Å². The molecule has 1 aromatic rings. The van der Waals surface area contributed by atoms with Crippen molar-refractivity contribution in [2.75, 3.05) is 7.11 Å². The molecule has 0 aliphatic carbocycles. The summed E-state index contributed by atoms with van der Waals surface area (Å²) in [5.74, 6) is 0.0103. The summed E-state index contributed by atoms with van der Waals surface area (Å²) in [5, 5.41) is 18.4. The number of nitrogens with zero attached hydrogens (tertiary/aromatic N) is 2. The maximum atomic E-state index is 11.6. The number of amidine groups is 1. The van der Waals surface area contributed by atoms with Crippen molar-refractivity contribution in [2.24, 2.45) is 15.9 Å². The summed E-state index contributed by atoms with van der Waals surface area (Å²) in [5.41, 5.74) is 5.47. The molecule has 0 bridgehead atoms. The molecule has 0 atom stereocenters. The van der Waals surface area contributed by atoms with Crippen molar-refractivity contribution in [2.45, 2.75) is 0 Å². The van der Waals surface area contributed by atoms with Gasteiger partial charge >= 0.3 is 19.5 Å². The van der Waals surface area contributed by atoms with E-state index in [4.69, 9.17) is 10.5 Å². The van der Waals surface area contributed by atoms with Crippen LogP contribution in [0.1, 0.15) is 5.56 Å². The molecule has 0 aliphatic rings. The SMILES string of the molecule is COc1cccc(/C=N/N=C(N)[S-])c1[O-].O.[Zn+2]. The Labute approximate surface area is 117 Å². The van der Waals surface area contributed by atoms with Gasteiger partial charge in [-0.15, -0.1) is 0 Å². The minimum atomic E-state index is -0.248. The first-order chi connectivity index (χ1) is 7.15. The van der Waals surface area contributed by atoms with E-state index < -0.39 is 0 Å². The average molecular weight is 307 g/mol. The number of para-hydroxylation sites is 1. The molecule has 0 aromatic heterocycles. The second-order valence-corrected chi connectivity index (χ2v) is 2.98. The van der Waals surface area contributed by atoms with Gasteiger partial charge in [0.2, 0.25) is 0 Å². The molecule has 88 valence electrons. The van der Waals surface area contributed by atoms with Crippen molar-refractivity contribution in [1.29, 1.82) is 0 Å². The monoisotopic (exact) mass is 305 g/mol. The van der Waals surface area contributed by atoms with E-state index in [2.05, 4.69) is 22.8 Å². The Morgan fingerprint density at radius 3 is 2.71 bits per heavy atom. The maximum absolute atomic E-state index is 11.6. The Kier molecular flexibility index (Phi) is 9.46. The van der Waals surface area contributed by atoms with E-state index in [0.717, 1.165) is 0 Å². The van der Waals surface area contributed by atoms with Crippen molar-refractivity contribution in [3.05, 3.63) is 23.8 Å². The summed E-state index contributed by atoms with van der Waals surface area (Å²) in [4.78, 5) is 0. The summed E-state index contributed by atoms with van der Waals surface area (Å²) in [6, 6.07) is 4.86. The largest absolute Gasteiger partial charge is 2.00 e. The van der Waals surface area contributed by atoms with E-state index in [1.807, 2.05) is 0 Å². The molecular weight excluding hydrogens is 296 g/mol. The van der Waals surface area contributed by atoms with Gasteiger partial charge in [-0.3, -0.25) is 0 Å². The minimum Gasteiger partial charge on any atom is -0.870 e. The van der Waals surface area contributed by atoms with Gasteiger partial charge in [-0.05, 0) is 16.8 Å². The van der Waals surface area contributed by atoms with E-state index in [-0.39, 0.29) is 41.6 Å². The van der Waals surface area contributed by atoms with E-state index in [9.17, 15) is 5.11 Å². The van der Waals surface area contributed by atoms with Gasteiger partial charge in [0.15, 0.2) is 0 Å². The van der Waals surface area contributed by atoms with Gasteiger partial charge in [-0.25, -0.2) is 0 Å². The predicted octanol–water partition coefficient (Wildman–Crippen LogP) is -0.863. The molecule has 8 heteroatoms. The number of rotatable bonds is 3. The average Bonchev–Trinajstić information content (AvgIpc) is 2.20.